The molecule has 0 aromatic carbocycles. The van der Waals surface area contributed by atoms with Crippen LogP contribution in [0.25, 0.3) is 0 Å². The van der Waals surface area contributed by atoms with Gasteiger partial charge in [-0.25, -0.2) is 9.18 Å². The van der Waals surface area contributed by atoms with Gasteiger partial charge in [0.2, 0.25) is 0 Å². The number of hydrogen-bond acceptors (Lipinski definition) is 9. The highest BCUT2D eigenvalue weighted by Gasteiger charge is 2.65. The second-order valence-electron chi connectivity index (χ2n) is 5.76. The lowest BCUT2D eigenvalue weighted by Gasteiger charge is -2.27. The van der Waals surface area contributed by atoms with E-state index in [-0.39, 0.29) is 5.82 Å². The highest BCUT2D eigenvalue weighted by atomic mass is 19.2. The fourth-order valence-corrected chi connectivity index (χ4v) is 2.21. The number of alkyl halides is 1. The van der Waals surface area contributed by atoms with Crippen LogP contribution in [-0.2, 0) is 20.0 Å². The van der Waals surface area contributed by atoms with E-state index in [1.165, 1.54) is 13.8 Å². The molecule has 1 aliphatic heterocycles. The zero-order valence-electron chi connectivity index (χ0n) is 13.4. The van der Waals surface area contributed by atoms with Crippen LogP contribution in [0.1, 0.15) is 13.8 Å². The van der Waals surface area contributed by atoms with E-state index in [0.717, 1.165) is 6.20 Å². The van der Waals surface area contributed by atoms with Gasteiger partial charge >= 0.3 is 11.7 Å². The van der Waals surface area contributed by atoms with Crippen LogP contribution in [0.15, 0.2) is 11.0 Å². The first-order chi connectivity index (χ1) is 11.6. The Morgan fingerprint density at radius 2 is 2.24 bits per heavy atom. The molecule has 0 spiro atoms. The fourth-order valence-electron chi connectivity index (χ4n) is 2.21. The second kappa shape index (κ2) is 6.40. The molecule has 0 radical (unpaired) electrons. The summed E-state index contributed by atoms with van der Waals surface area (Å²) in [6, 6.07) is 0. The summed E-state index contributed by atoms with van der Waals surface area (Å²) in [6.07, 6.45) is 1.91. The fraction of sp³-hybridized carbons (Fsp3) is 0.571. The topological polar surface area (TPSA) is 150 Å². The predicted molar refractivity (Wildman–Crippen MR) is 80.2 cm³/mol. The number of aliphatic hydroxyl groups excluding tert-OH is 2. The van der Waals surface area contributed by atoms with Crippen LogP contribution in [0, 0.1) is 18.3 Å². The molecule has 1 aliphatic rings. The van der Waals surface area contributed by atoms with Crippen LogP contribution >= 0.6 is 0 Å². The van der Waals surface area contributed by atoms with Crippen LogP contribution in [0.5, 0.6) is 0 Å². The Kier molecular flexibility index (Phi) is 4.81. The Labute approximate surface area is 141 Å². The molecule has 2 rings (SSSR count). The van der Waals surface area contributed by atoms with E-state index < -0.39 is 48.0 Å². The lowest BCUT2D eigenvalue weighted by molar-refractivity contribution is -0.236. The first kappa shape index (κ1) is 18.8. The van der Waals surface area contributed by atoms with Crippen molar-refractivity contribution in [3.05, 3.63) is 16.7 Å². The van der Waals surface area contributed by atoms with Crippen LogP contribution in [0.2, 0.25) is 0 Å². The smallest absolute Gasteiger partial charge is 0.369 e. The van der Waals surface area contributed by atoms with Gasteiger partial charge in [0.25, 0.3) is 11.6 Å². The number of terminal acetylenes is 1. The van der Waals surface area contributed by atoms with Gasteiger partial charge in [-0.1, -0.05) is 13.8 Å². The third-order valence-corrected chi connectivity index (χ3v) is 3.58. The number of esters is 1. The second-order valence-corrected chi connectivity index (χ2v) is 5.76. The largest absolute Gasteiger partial charge is 0.459 e. The highest BCUT2D eigenvalue weighted by molar-refractivity contribution is 5.71. The number of carbonyl (C=O) groups is 1. The number of anilines is 1. The van der Waals surface area contributed by atoms with Gasteiger partial charge in [0, 0.05) is 0 Å². The molecule has 0 amide bonds. The van der Waals surface area contributed by atoms with Crippen LogP contribution in [0.3, 0.4) is 0 Å². The standard InChI is InChI=1S/C14H17FN4O6/c1-4-14(19-12(23)18-8(16)5-17-19)10(21)9(20)13(15,25-14)6-24-11(22)7(2)3/h1,5,7,9-10,20-21H,6H2,2-3H3,(H2,16,18,23)/t9-,10+,13+,14+/m0/s1. The van der Waals surface area contributed by atoms with Gasteiger partial charge in [0.15, 0.2) is 6.61 Å². The summed E-state index contributed by atoms with van der Waals surface area (Å²) in [4.78, 5) is 26.8. The van der Waals surface area contributed by atoms with E-state index in [9.17, 15) is 24.2 Å². The molecule has 2 heterocycles. The molecule has 11 heteroatoms. The lowest BCUT2D eigenvalue weighted by atomic mass is 10.0. The van der Waals surface area contributed by atoms with E-state index in [4.69, 9.17) is 21.6 Å². The molecule has 0 aliphatic carbocycles. The molecular weight excluding hydrogens is 339 g/mol. The Morgan fingerprint density at radius 1 is 1.60 bits per heavy atom. The highest BCUT2D eigenvalue weighted by Crippen LogP contribution is 2.41. The van der Waals surface area contributed by atoms with Crippen molar-refractivity contribution >= 4 is 11.8 Å². The number of nitrogens with zero attached hydrogens (tertiary/aromatic N) is 3. The molecule has 4 N–H and O–H groups in total. The first-order valence-corrected chi connectivity index (χ1v) is 7.19. The quantitative estimate of drug-likeness (QED) is 0.416. The molecule has 1 aromatic heterocycles. The minimum absolute atomic E-state index is 0.237. The van der Waals surface area contributed by atoms with Gasteiger partial charge < -0.3 is 20.7 Å². The Bertz CT molecular complexity index is 777. The zero-order chi connectivity index (χ0) is 19.0. The third kappa shape index (κ3) is 3.07. The number of nitrogen functional groups attached to an aromatic ring is 1. The molecule has 1 fully saturated rings. The molecule has 0 bridgehead atoms. The summed E-state index contributed by atoms with van der Waals surface area (Å²) in [6.45, 7) is 1.98. The number of nitrogens with two attached hydrogens (primary N) is 1. The maximum Gasteiger partial charge on any atom is 0.369 e. The number of halogens is 1. The van der Waals surface area contributed by atoms with Gasteiger partial charge in [-0.15, -0.1) is 6.42 Å². The van der Waals surface area contributed by atoms with Gasteiger partial charge in [-0.3, -0.25) is 9.53 Å². The monoisotopic (exact) mass is 356 g/mol. The average Bonchev–Trinajstić information content (AvgIpc) is 2.75. The van der Waals surface area contributed by atoms with Gasteiger partial charge in [-0.05, 0) is 5.92 Å². The van der Waals surface area contributed by atoms with Crippen molar-refractivity contribution < 1.29 is 28.9 Å². The lowest BCUT2D eigenvalue weighted by Crippen LogP contribution is -2.51. The molecule has 0 unspecified atom stereocenters. The molecule has 1 saturated heterocycles. The number of ether oxygens (including phenoxy) is 2. The van der Waals surface area contributed by atoms with Crippen molar-refractivity contribution in [2.75, 3.05) is 12.3 Å². The zero-order valence-corrected chi connectivity index (χ0v) is 13.4. The third-order valence-electron chi connectivity index (χ3n) is 3.58. The van der Waals surface area contributed by atoms with E-state index in [1.54, 1.807) is 0 Å². The Balaban J connectivity index is 2.40. The average molecular weight is 356 g/mol. The number of carbonyl (C=O) groups excluding carboxylic acids is 1. The Hall–Kier alpha value is -2.55. The first-order valence-electron chi connectivity index (χ1n) is 7.19. The maximum atomic E-state index is 15.0. The van der Waals surface area contributed by atoms with Crippen molar-refractivity contribution in [2.45, 2.75) is 37.6 Å². The normalized spacial score (nSPS) is 31.7. The minimum atomic E-state index is -3.07. The number of rotatable bonds is 4. The molecular formula is C14H17FN4O6. The summed E-state index contributed by atoms with van der Waals surface area (Å²) in [5.41, 5.74) is 1.68. The van der Waals surface area contributed by atoms with Gasteiger partial charge in [-0.2, -0.15) is 14.8 Å². The van der Waals surface area contributed by atoms with Crippen LogP contribution < -0.4 is 11.4 Å². The van der Waals surface area contributed by atoms with E-state index in [0.29, 0.717) is 4.68 Å². The van der Waals surface area contributed by atoms with Crippen molar-refractivity contribution in [2.24, 2.45) is 5.92 Å². The SMILES string of the molecule is C#C[C@@]1(n2ncc(N)nc2=O)O[C@](F)(COC(=O)C(C)C)[C@@H](O)[C@H]1O. The summed E-state index contributed by atoms with van der Waals surface area (Å²) in [5, 5.41) is 23.8. The van der Waals surface area contributed by atoms with Crippen molar-refractivity contribution in [3.8, 4) is 12.3 Å². The number of aliphatic hydroxyl groups is 2. The summed E-state index contributed by atoms with van der Waals surface area (Å²) in [7, 11) is 0. The molecule has 10 nitrogen and oxygen atoms in total. The van der Waals surface area contributed by atoms with E-state index in [2.05, 4.69) is 10.1 Å². The molecule has 25 heavy (non-hydrogen) atoms. The Morgan fingerprint density at radius 3 is 2.76 bits per heavy atom. The van der Waals surface area contributed by atoms with Gasteiger partial charge in [0.05, 0.1) is 12.1 Å². The summed E-state index contributed by atoms with van der Waals surface area (Å²) >= 11 is 0. The summed E-state index contributed by atoms with van der Waals surface area (Å²) in [5.74, 6) is -2.72. The van der Waals surface area contributed by atoms with Gasteiger partial charge in [0.1, 0.15) is 18.0 Å². The summed E-state index contributed by atoms with van der Waals surface area (Å²) < 4.78 is 25.0. The van der Waals surface area contributed by atoms with Crippen molar-refractivity contribution in [3.63, 3.8) is 0 Å². The van der Waals surface area contributed by atoms with Crippen LogP contribution in [0.4, 0.5) is 10.2 Å². The maximum absolute atomic E-state index is 15.0. The predicted octanol–water partition coefficient (Wildman–Crippen LogP) is -1.88. The number of hydrogen-bond donors (Lipinski definition) is 3. The van der Waals surface area contributed by atoms with Crippen molar-refractivity contribution in [1.29, 1.82) is 0 Å². The minimum Gasteiger partial charge on any atom is -0.459 e. The van der Waals surface area contributed by atoms with E-state index >= 15 is 0 Å². The molecule has 1 aromatic rings. The van der Waals surface area contributed by atoms with Crippen LogP contribution in [-0.4, -0.2) is 55.6 Å². The number of aromatic nitrogens is 3. The molecule has 0 saturated carbocycles. The van der Waals surface area contributed by atoms with Crippen molar-refractivity contribution in [1.82, 2.24) is 14.8 Å². The molecule has 136 valence electrons. The van der Waals surface area contributed by atoms with E-state index in [1.807, 2.05) is 5.92 Å². The molecule has 4 atom stereocenters.